The normalized spacial score (nSPS) is 15.3. The maximum Gasteiger partial charge on any atom is 0.408 e. The molecule has 1 fully saturated rings. The maximum absolute atomic E-state index is 14.3. The number of rotatable bonds is 16. The molecule has 10 nitrogen and oxygen atoms in total. The first-order chi connectivity index (χ1) is 19.9. The van der Waals surface area contributed by atoms with Crippen LogP contribution in [0.5, 0.6) is 5.75 Å². The number of carbonyl (C=O) groups excluding carboxylic acids is 4. The molecular weight excluding hydrogens is 536 g/mol. The fraction of sp³-hybridized carbons (Fsp3) is 0.688. The standard InChI is InChI=1S/C32H52N4O6/c1-5-6-7-8-9-13-21-36(30(40)26(19-20-27(33)38)35-31(41)42-32(2,3)4)28(23-15-14-18-25(37)22-23)29(39)34-24-16-11-10-12-17-24/h14-15,18,22,24,26,28,37H,5-13,16-17,19-21H2,1-4H3,(H2,33,38)(H,34,39)(H,35,41). The van der Waals surface area contributed by atoms with E-state index in [-0.39, 0.29) is 37.1 Å². The number of primary amides is 1. The van der Waals surface area contributed by atoms with Crippen LogP contribution in [0.4, 0.5) is 4.79 Å². The lowest BCUT2D eigenvalue weighted by atomic mass is 9.94. The summed E-state index contributed by atoms with van der Waals surface area (Å²) < 4.78 is 5.40. The number of alkyl carbamates (subject to hydrolysis) is 1. The molecule has 2 unspecified atom stereocenters. The summed E-state index contributed by atoms with van der Waals surface area (Å²) in [6.07, 6.45) is 9.78. The van der Waals surface area contributed by atoms with Gasteiger partial charge in [0.2, 0.25) is 17.7 Å². The lowest BCUT2D eigenvalue weighted by molar-refractivity contribution is -0.143. The summed E-state index contributed by atoms with van der Waals surface area (Å²) in [5.41, 5.74) is 5.07. The van der Waals surface area contributed by atoms with E-state index in [0.29, 0.717) is 12.0 Å². The summed E-state index contributed by atoms with van der Waals surface area (Å²) in [7, 11) is 0. The second-order valence-corrected chi connectivity index (χ2v) is 12.3. The minimum absolute atomic E-state index is 0.00241. The Morgan fingerprint density at radius 1 is 1.05 bits per heavy atom. The van der Waals surface area contributed by atoms with Gasteiger partial charge in [-0.05, 0) is 64.2 Å². The summed E-state index contributed by atoms with van der Waals surface area (Å²) in [6.45, 7) is 7.54. The summed E-state index contributed by atoms with van der Waals surface area (Å²) in [5.74, 6) is -1.48. The van der Waals surface area contributed by atoms with Gasteiger partial charge in [0.25, 0.3) is 0 Å². The molecule has 0 spiro atoms. The Kier molecular flexibility index (Phi) is 14.6. The predicted molar refractivity (Wildman–Crippen MR) is 163 cm³/mol. The van der Waals surface area contributed by atoms with Crippen LogP contribution in [0.1, 0.15) is 123 Å². The van der Waals surface area contributed by atoms with Crippen molar-refractivity contribution in [3.63, 3.8) is 0 Å². The zero-order chi connectivity index (χ0) is 31.1. The summed E-state index contributed by atoms with van der Waals surface area (Å²) in [4.78, 5) is 54.2. The molecule has 2 atom stereocenters. The van der Waals surface area contributed by atoms with Gasteiger partial charge in [0.15, 0.2) is 0 Å². The third-order valence-electron chi connectivity index (χ3n) is 7.40. The average molecular weight is 589 g/mol. The van der Waals surface area contributed by atoms with Gasteiger partial charge in [-0.2, -0.15) is 0 Å². The Morgan fingerprint density at radius 3 is 2.33 bits per heavy atom. The Labute approximate surface area is 251 Å². The predicted octanol–water partition coefficient (Wildman–Crippen LogP) is 5.23. The highest BCUT2D eigenvalue weighted by atomic mass is 16.6. The molecule has 42 heavy (non-hydrogen) atoms. The molecule has 0 radical (unpaired) electrons. The number of nitrogens with two attached hydrogens (primary N) is 1. The van der Waals surface area contributed by atoms with E-state index in [1.165, 1.54) is 17.0 Å². The fourth-order valence-electron chi connectivity index (χ4n) is 5.32. The summed E-state index contributed by atoms with van der Waals surface area (Å²) in [5, 5.41) is 16.1. The molecule has 1 aliphatic rings. The first kappa shape index (κ1) is 34.9. The van der Waals surface area contributed by atoms with E-state index < -0.39 is 35.6 Å². The van der Waals surface area contributed by atoms with Crippen LogP contribution >= 0.6 is 0 Å². The van der Waals surface area contributed by atoms with Gasteiger partial charge in [0.1, 0.15) is 23.4 Å². The van der Waals surface area contributed by atoms with Crippen molar-refractivity contribution in [2.75, 3.05) is 6.54 Å². The molecule has 5 N–H and O–H groups in total. The Bertz CT molecular complexity index is 1020. The van der Waals surface area contributed by atoms with E-state index in [0.717, 1.165) is 64.2 Å². The highest BCUT2D eigenvalue weighted by Gasteiger charge is 2.37. The van der Waals surface area contributed by atoms with Crippen molar-refractivity contribution >= 4 is 23.8 Å². The smallest absolute Gasteiger partial charge is 0.408 e. The first-order valence-electron chi connectivity index (χ1n) is 15.6. The minimum atomic E-state index is -1.14. The number of unbranched alkanes of at least 4 members (excludes halogenated alkanes) is 5. The van der Waals surface area contributed by atoms with E-state index in [2.05, 4.69) is 17.6 Å². The van der Waals surface area contributed by atoms with Crippen LogP contribution in [0, 0.1) is 0 Å². The molecule has 236 valence electrons. The van der Waals surface area contributed by atoms with Gasteiger partial charge in [-0.25, -0.2) is 4.79 Å². The highest BCUT2D eigenvalue weighted by Crippen LogP contribution is 2.28. The fourth-order valence-corrected chi connectivity index (χ4v) is 5.32. The molecule has 2 rings (SSSR count). The second-order valence-electron chi connectivity index (χ2n) is 12.3. The van der Waals surface area contributed by atoms with Crippen molar-refractivity contribution in [2.24, 2.45) is 5.73 Å². The van der Waals surface area contributed by atoms with Gasteiger partial charge in [0, 0.05) is 19.0 Å². The van der Waals surface area contributed by atoms with Gasteiger partial charge >= 0.3 is 6.09 Å². The largest absolute Gasteiger partial charge is 0.508 e. The van der Waals surface area contributed by atoms with Gasteiger partial charge < -0.3 is 31.1 Å². The van der Waals surface area contributed by atoms with E-state index in [1.807, 2.05) is 0 Å². The number of hydrogen-bond donors (Lipinski definition) is 4. The molecular formula is C32H52N4O6. The number of aromatic hydroxyl groups is 1. The number of phenols is 1. The first-order valence-corrected chi connectivity index (χ1v) is 15.6. The third kappa shape index (κ3) is 12.7. The molecule has 0 saturated heterocycles. The number of ether oxygens (including phenoxy) is 1. The van der Waals surface area contributed by atoms with Gasteiger partial charge in [-0.15, -0.1) is 0 Å². The summed E-state index contributed by atoms with van der Waals surface area (Å²) >= 11 is 0. The number of benzene rings is 1. The molecule has 1 aromatic rings. The SMILES string of the molecule is CCCCCCCCN(C(=O)C(CCC(N)=O)NC(=O)OC(C)(C)C)C(C(=O)NC1CCCCC1)c1cccc(O)c1. The zero-order valence-electron chi connectivity index (χ0n) is 26.0. The number of phenolic OH excluding ortho intramolecular Hbond substituents is 1. The zero-order valence-corrected chi connectivity index (χ0v) is 26.0. The lowest BCUT2D eigenvalue weighted by Gasteiger charge is -2.36. The average Bonchev–Trinajstić information content (AvgIpc) is 2.91. The van der Waals surface area contributed by atoms with Crippen molar-refractivity contribution in [1.29, 1.82) is 0 Å². The van der Waals surface area contributed by atoms with Crippen LogP contribution in [-0.2, 0) is 19.1 Å². The lowest BCUT2D eigenvalue weighted by Crippen LogP contribution is -2.54. The quantitative estimate of drug-likeness (QED) is 0.194. The van der Waals surface area contributed by atoms with Crippen molar-refractivity contribution in [3.05, 3.63) is 29.8 Å². The van der Waals surface area contributed by atoms with Crippen LogP contribution in [0.25, 0.3) is 0 Å². The van der Waals surface area contributed by atoms with Gasteiger partial charge in [-0.3, -0.25) is 14.4 Å². The molecule has 0 heterocycles. The van der Waals surface area contributed by atoms with Crippen molar-refractivity contribution in [2.45, 2.75) is 135 Å². The van der Waals surface area contributed by atoms with Crippen LogP contribution < -0.4 is 16.4 Å². The number of carbonyl (C=O) groups is 4. The van der Waals surface area contributed by atoms with E-state index in [1.54, 1.807) is 32.9 Å². The van der Waals surface area contributed by atoms with E-state index in [4.69, 9.17) is 10.5 Å². The number of hydrogen-bond acceptors (Lipinski definition) is 6. The van der Waals surface area contributed by atoms with Crippen LogP contribution in [0.2, 0.25) is 0 Å². The monoisotopic (exact) mass is 588 g/mol. The van der Waals surface area contributed by atoms with Crippen molar-refractivity contribution in [3.8, 4) is 5.75 Å². The van der Waals surface area contributed by atoms with Crippen LogP contribution in [0.3, 0.4) is 0 Å². The van der Waals surface area contributed by atoms with Crippen molar-refractivity contribution < 1.29 is 29.0 Å². The van der Waals surface area contributed by atoms with E-state index in [9.17, 15) is 24.3 Å². The van der Waals surface area contributed by atoms with Crippen molar-refractivity contribution in [1.82, 2.24) is 15.5 Å². The second kappa shape index (κ2) is 17.6. The number of nitrogens with one attached hydrogen (secondary N) is 2. The Morgan fingerprint density at radius 2 is 1.71 bits per heavy atom. The van der Waals surface area contributed by atoms with Crippen LogP contribution in [-0.4, -0.2) is 58.1 Å². The van der Waals surface area contributed by atoms with E-state index >= 15 is 0 Å². The Hall–Kier alpha value is -3.30. The summed E-state index contributed by atoms with van der Waals surface area (Å²) in [6, 6.07) is 4.18. The van der Waals surface area contributed by atoms with Gasteiger partial charge in [0.05, 0.1) is 0 Å². The molecule has 0 bridgehead atoms. The Balaban J connectivity index is 2.45. The number of nitrogens with zero attached hydrogens (tertiary/aromatic N) is 1. The molecule has 4 amide bonds. The third-order valence-corrected chi connectivity index (χ3v) is 7.40. The molecule has 1 aromatic carbocycles. The number of amides is 4. The maximum atomic E-state index is 14.3. The molecule has 1 saturated carbocycles. The topological polar surface area (TPSA) is 151 Å². The molecule has 0 aliphatic heterocycles. The van der Waals surface area contributed by atoms with Gasteiger partial charge in [-0.1, -0.05) is 70.4 Å². The highest BCUT2D eigenvalue weighted by molar-refractivity contribution is 5.92. The minimum Gasteiger partial charge on any atom is -0.508 e. The van der Waals surface area contributed by atoms with Crippen LogP contribution in [0.15, 0.2) is 24.3 Å². The molecule has 1 aliphatic carbocycles. The molecule has 10 heteroatoms. The molecule has 0 aromatic heterocycles.